The van der Waals surface area contributed by atoms with Crippen molar-refractivity contribution in [2.45, 2.75) is 72.1 Å². The number of nitrogens with one attached hydrogen (secondary N) is 1. The van der Waals surface area contributed by atoms with Crippen LogP contribution in [0.2, 0.25) is 0 Å². The van der Waals surface area contributed by atoms with Gasteiger partial charge in [0.05, 0.1) is 6.54 Å². The van der Waals surface area contributed by atoms with Crippen LogP contribution in [-0.2, 0) is 9.59 Å². The Labute approximate surface area is 156 Å². The van der Waals surface area contributed by atoms with Crippen molar-refractivity contribution in [1.29, 1.82) is 0 Å². The van der Waals surface area contributed by atoms with Crippen molar-refractivity contribution in [2.24, 2.45) is 5.92 Å². The van der Waals surface area contributed by atoms with Gasteiger partial charge in [0.2, 0.25) is 11.8 Å². The second-order valence-electron chi connectivity index (χ2n) is 6.45. The van der Waals surface area contributed by atoms with Gasteiger partial charge in [-0.3, -0.25) is 9.59 Å². The van der Waals surface area contributed by atoms with Gasteiger partial charge in [-0.2, -0.15) is 0 Å². The molecule has 1 heterocycles. The van der Waals surface area contributed by atoms with Crippen LogP contribution in [0.5, 0.6) is 0 Å². The van der Waals surface area contributed by atoms with E-state index >= 15 is 0 Å². The van der Waals surface area contributed by atoms with Crippen molar-refractivity contribution in [1.82, 2.24) is 9.88 Å². The van der Waals surface area contributed by atoms with Crippen LogP contribution >= 0.6 is 11.3 Å². The molecule has 2 amide bonds. The summed E-state index contributed by atoms with van der Waals surface area (Å²) in [4.78, 5) is 31.0. The summed E-state index contributed by atoms with van der Waals surface area (Å²) in [7, 11) is 0. The van der Waals surface area contributed by atoms with Gasteiger partial charge in [0.25, 0.3) is 0 Å². The van der Waals surface area contributed by atoms with Gasteiger partial charge in [-0.25, -0.2) is 4.98 Å². The molecule has 0 spiro atoms. The lowest BCUT2D eigenvalue weighted by Crippen LogP contribution is -2.42. The van der Waals surface area contributed by atoms with Gasteiger partial charge < -0.3 is 10.2 Å². The Hall–Kier alpha value is -1.43. The molecule has 1 atom stereocenters. The monoisotopic (exact) mass is 367 g/mol. The summed E-state index contributed by atoms with van der Waals surface area (Å²) in [6.07, 6.45) is 9.92. The van der Waals surface area contributed by atoms with Gasteiger partial charge in [-0.1, -0.05) is 52.9 Å². The van der Waals surface area contributed by atoms with Crippen molar-refractivity contribution < 1.29 is 9.59 Å². The average molecular weight is 368 g/mol. The maximum absolute atomic E-state index is 12.9. The zero-order chi connectivity index (χ0) is 18.5. The summed E-state index contributed by atoms with van der Waals surface area (Å²) >= 11 is 1.39. The Bertz CT molecular complexity index is 491. The van der Waals surface area contributed by atoms with E-state index < -0.39 is 0 Å². The number of hydrogen-bond acceptors (Lipinski definition) is 4. The van der Waals surface area contributed by atoms with Gasteiger partial charge in [0, 0.05) is 24.0 Å². The molecule has 1 aromatic rings. The van der Waals surface area contributed by atoms with Crippen molar-refractivity contribution >= 4 is 28.3 Å². The molecular weight excluding hydrogens is 334 g/mol. The van der Waals surface area contributed by atoms with Crippen molar-refractivity contribution in [2.75, 3.05) is 18.4 Å². The summed E-state index contributed by atoms with van der Waals surface area (Å²) in [6.45, 7) is 7.15. The zero-order valence-electron chi connectivity index (χ0n) is 15.9. The van der Waals surface area contributed by atoms with E-state index in [1.807, 2.05) is 5.38 Å². The Morgan fingerprint density at radius 1 is 1.16 bits per heavy atom. The molecule has 142 valence electrons. The second kappa shape index (κ2) is 12.9. The van der Waals surface area contributed by atoms with E-state index in [2.05, 4.69) is 31.1 Å². The highest BCUT2D eigenvalue weighted by molar-refractivity contribution is 7.13. The van der Waals surface area contributed by atoms with Crippen LogP contribution in [0, 0.1) is 5.92 Å². The summed E-state index contributed by atoms with van der Waals surface area (Å²) in [5.74, 6) is -0.00957. The highest BCUT2D eigenvalue weighted by Gasteiger charge is 2.24. The van der Waals surface area contributed by atoms with E-state index in [0.717, 1.165) is 44.9 Å². The van der Waals surface area contributed by atoms with Crippen LogP contribution in [-0.4, -0.2) is 34.8 Å². The van der Waals surface area contributed by atoms with Gasteiger partial charge in [-0.05, 0) is 19.3 Å². The fourth-order valence-corrected chi connectivity index (χ4v) is 3.37. The van der Waals surface area contributed by atoms with Crippen molar-refractivity contribution in [3.05, 3.63) is 11.6 Å². The van der Waals surface area contributed by atoms with E-state index in [9.17, 15) is 9.59 Å². The number of amides is 2. The Morgan fingerprint density at radius 2 is 1.92 bits per heavy atom. The Balaban J connectivity index is 2.65. The lowest BCUT2D eigenvalue weighted by molar-refractivity contribution is -0.138. The third-order valence-electron chi connectivity index (χ3n) is 4.35. The molecule has 1 rings (SSSR count). The number of carbonyl (C=O) groups is 2. The first-order valence-electron chi connectivity index (χ1n) is 9.60. The maximum Gasteiger partial charge on any atom is 0.245 e. The van der Waals surface area contributed by atoms with Gasteiger partial charge in [0.15, 0.2) is 5.13 Å². The van der Waals surface area contributed by atoms with Crippen LogP contribution in [0.4, 0.5) is 5.13 Å². The molecule has 0 bridgehead atoms. The number of hydrogen-bond donors (Lipinski definition) is 1. The van der Waals surface area contributed by atoms with Crippen LogP contribution < -0.4 is 5.32 Å². The lowest BCUT2D eigenvalue weighted by atomic mass is 9.97. The summed E-state index contributed by atoms with van der Waals surface area (Å²) < 4.78 is 0. The number of carbonyl (C=O) groups excluding carboxylic acids is 2. The fraction of sp³-hybridized carbons (Fsp3) is 0.737. The van der Waals surface area contributed by atoms with Gasteiger partial charge in [0.1, 0.15) is 0 Å². The molecule has 25 heavy (non-hydrogen) atoms. The number of rotatable bonds is 13. The molecule has 0 aliphatic rings. The van der Waals surface area contributed by atoms with Crippen molar-refractivity contribution in [3.8, 4) is 0 Å². The minimum absolute atomic E-state index is 0.0267. The first-order chi connectivity index (χ1) is 12.1. The van der Waals surface area contributed by atoms with Gasteiger partial charge >= 0.3 is 0 Å². The molecule has 0 fully saturated rings. The fourth-order valence-electron chi connectivity index (χ4n) is 2.82. The standard InChI is InChI=1S/C19H33N3O2S/c1-4-7-9-10-13-22(18(24)16(6-3)11-8-5-2)15-17(23)21-19-20-12-14-25-19/h12,14,16H,4-11,13,15H2,1-3H3,(H,20,21,23). The molecule has 0 saturated carbocycles. The van der Waals surface area contributed by atoms with E-state index in [1.165, 1.54) is 17.8 Å². The summed E-state index contributed by atoms with van der Waals surface area (Å²) in [5.41, 5.74) is 0. The molecule has 1 N–H and O–H groups in total. The van der Waals surface area contributed by atoms with Crippen LogP contribution in [0.15, 0.2) is 11.6 Å². The summed E-state index contributed by atoms with van der Waals surface area (Å²) in [6, 6.07) is 0. The van der Waals surface area contributed by atoms with E-state index in [1.54, 1.807) is 11.1 Å². The average Bonchev–Trinajstić information content (AvgIpc) is 3.11. The predicted octanol–water partition coefficient (Wildman–Crippen LogP) is 4.71. The predicted molar refractivity (Wildman–Crippen MR) is 105 cm³/mol. The van der Waals surface area contributed by atoms with Crippen LogP contribution in [0.1, 0.15) is 72.1 Å². The number of aromatic nitrogens is 1. The van der Waals surface area contributed by atoms with Crippen LogP contribution in [0.3, 0.4) is 0 Å². The molecule has 5 nitrogen and oxygen atoms in total. The third-order valence-corrected chi connectivity index (χ3v) is 5.04. The quantitative estimate of drug-likeness (QED) is 0.514. The molecule has 0 aliphatic heterocycles. The largest absolute Gasteiger partial charge is 0.333 e. The lowest BCUT2D eigenvalue weighted by Gasteiger charge is -2.26. The number of unbranched alkanes of at least 4 members (excludes halogenated alkanes) is 4. The molecule has 1 aromatic heterocycles. The molecule has 1 unspecified atom stereocenters. The second-order valence-corrected chi connectivity index (χ2v) is 7.35. The normalized spacial score (nSPS) is 12.0. The molecule has 6 heteroatoms. The third kappa shape index (κ3) is 8.47. The minimum atomic E-state index is -0.163. The molecule has 0 aliphatic carbocycles. The maximum atomic E-state index is 12.9. The number of thiazole rings is 1. The number of anilines is 1. The van der Waals surface area contributed by atoms with E-state index in [-0.39, 0.29) is 24.3 Å². The summed E-state index contributed by atoms with van der Waals surface area (Å²) in [5, 5.41) is 5.19. The molecule has 0 radical (unpaired) electrons. The highest BCUT2D eigenvalue weighted by atomic mass is 32.1. The Morgan fingerprint density at radius 3 is 2.52 bits per heavy atom. The van der Waals surface area contributed by atoms with E-state index in [4.69, 9.17) is 0 Å². The smallest absolute Gasteiger partial charge is 0.245 e. The molecular formula is C19H33N3O2S. The zero-order valence-corrected chi connectivity index (χ0v) is 16.7. The Kier molecular flexibility index (Phi) is 11.1. The molecule has 0 aromatic carbocycles. The van der Waals surface area contributed by atoms with E-state index in [0.29, 0.717) is 11.7 Å². The highest BCUT2D eigenvalue weighted by Crippen LogP contribution is 2.17. The first kappa shape index (κ1) is 21.6. The topological polar surface area (TPSA) is 62.3 Å². The van der Waals surface area contributed by atoms with Crippen molar-refractivity contribution in [3.63, 3.8) is 0 Å². The molecule has 0 saturated heterocycles. The SMILES string of the molecule is CCCCCCN(CC(=O)Nc1nccs1)C(=O)C(CC)CCCC. The van der Waals surface area contributed by atoms with Crippen LogP contribution in [0.25, 0.3) is 0 Å². The van der Waals surface area contributed by atoms with Gasteiger partial charge in [-0.15, -0.1) is 11.3 Å². The minimum Gasteiger partial charge on any atom is -0.333 e. The number of nitrogens with zero attached hydrogens (tertiary/aromatic N) is 2. The first-order valence-corrected chi connectivity index (χ1v) is 10.5.